The van der Waals surface area contributed by atoms with Gasteiger partial charge >= 0.3 is 0 Å². The van der Waals surface area contributed by atoms with Gasteiger partial charge in [-0.25, -0.2) is 0 Å². The molecule has 0 fully saturated rings. The van der Waals surface area contributed by atoms with Crippen LogP contribution in [-0.4, -0.2) is 28.4 Å². The zero-order chi connectivity index (χ0) is 17.7. The molecule has 0 saturated heterocycles. The lowest BCUT2D eigenvalue weighted by molar-refractivity contribution is 0.474. The van der Waals surface area contributed by atoms with Crippen LogP contribution in [0.1, 0.15) is 30.7 Å². The van der Waals surface area contributed by atoms with Crippen molar-refractivity contribution in [1.29, 1.82) is 10.5 Å². The van der Waals surface area contributed by atoms with Crippen LogP contribution in [0.4, 0.5) is 11.5 Å². The van der Waals surface area contributed by atoms with Crippen molar-refractivity contribution in [1.82, 2.24) is 10.2 Å². The Hall–Kier alpha value is -3.45. The number of anilines is 2. The average molecular weight is 322 g/mol. The third kappa shape index (κ3) is 3.16. The molecule has 0 bridgehead atoms. The number of hydrogen-bond acceptors (Lipinski definition) is 6. The molecule has 0 aliphatic rings. The molecule has 1 aromatic heterocycles. The molecule has 0 aliphatic heterocycles. The van der Waals surface area contributed by atoms with Gasteiger partial charge in [-0.2, -0.15) is 15.6 Å². The van der Waals surface area contributed by atoms with Crippen LogP contribution in [0, 0.1) is 22.7 Å². The quantitative estimate of drug-likeness (QED) is 0.726. The number of rotatable bonds is 5. The summed E-state index contributed by atoms with van der Waals surface area (Å²) < 4.78 is 0. The highest BCUT2D eigenvalue weighted by Crippen LogP contribution is 2.29. The summed E-state index contributed by atoms with van der Waals surface area (Å²) in [6.45, 7) is 5.73. The fourth-order valence-electron chi connectivity index (χ4n) is 2.42. The Morgan fingerprint density at radius 1 is 1.38 bits per heavy atom. The minimum Gasteiger partial charge on any atom is -0.507 e. The van der Waals surface area contributed by atoms with E-state index in [0.717, 1.165) is 18.8 Å². The summed E-state index contributed by atoms with van der Waals surface area (Å²) in [7, 11) is 0. The van der Waals surface area contributed by atoms with Gasteiger partial charge in [0.25, 0.3) is 0 Å². The van der Waals surface area contributed by atoms with Crippen molar-refractivity contribution in [2.45, 2.75) is 13.8 Å². The first-order chi connectivity index (χ1) is 11.5. The molecule has 24 heavy (non-hydrogen) atoms. The number of nitrogens with one attached hydrogen (secondary N) is 1. The van der Waals surface area contributed by atoms with Crippen LogP contribution in [0.2, 0.25) is 0 Å². The zero-order valence-corrected chi connectivity index (χ0v) is 13.5. The number of aromatic hydroxyl groups is 1. The Bertz CT molecular complexity index is 849. The number of benzene rings is 1. The molecule has 2 rings (SSSR count). The van der Waals surface area contributed by atoms with Gasteiger partial charge in [-0.1, -0.05) is 0 Å². The van der Waals surface area contributed by atoms with Gasteiger partial charge in [-0.05, 0) is 32.1 Å². The van der Waals surface area contributed by atoms with E-state index < -0.39 is 0 Å². The van der Waals surface area contributed by atoms with Gasteiger partial charge in [0, 0.05) is 30.4 Å². The van der Waals surface area contributed by atoms with Gasteiger partial charge in [0.15, 0.2) is 5.82 Å². The molecule has 0 aliphatic carbocycles. The smallest absolute Gasteiger partial charge is 0.163 e. The Labute approximate surface area is 140 Å². The summed E-state index contributed by atoms with van der Waals surface area (Å²) >= 11 is 0. The number of phenols is 1. The zero-order valence-electron chi connectivity index (χ0n) is 13.5. The van der Waals surface area contributed by atoms with Crippen LogP contribution in [0.25, 0.3) is 11.6 Å². The van der Waals surface area contributed by atoms with E-state index in [2.05, 4.69) is 15.1 Å². The average Bonchev–Trinajstić information content (AvgIpc) is 2.96. The SMILES string of the molecule is CCN(CC)c1ccc(/C=C(\C#N)c2[nH]nc(N)c2C#N)c(O)c1. The van der Waals surface area contributed by atoms with E-state index in [1.54, 1.807) is 12.1 Å². The van der Waals surface area contributed by atoms with Crippen molar-refractivity contribution >= 4 is 23.2 Å². The number of hydrogen-bond donors (Lipinski definition) is 3. The highest BCUT2D eigenvalue weighted by molar-refractivity contribution is 5.92. The second kappa shape index (κ2) is 7.21. The maximum Gasteiger partial charge on any atom is 0.163 e. The second-order valence-electron chi connectivity index (χ2n) is 5.06. The first-order valence-corrected chi connectivity index (χ1v) is 7.49. The van der Waals surface area contributed by atoms with Gasteiger partial charge in [0.2, 0.25) is 0 Å². The van der Waals surface area contributed by atoms with Crippen LogP contribution in [-0.2, 0) is 0 Å². The van der Waals surface area contributed by atoms with Crippen molar-refractivity contribution in [3.8, 4) is 17.9 Å². The summed E-state index contributed by atoms with van der Waals surface area (Å²) in [5.74, 6) is 0.0906. The van der Waals surface area contributed by atoms with E-state index in [1.807, 2.05) is 32.1 Å². The fourth-order valence-corrected chi connectivity index (χ4v) is 2.42. The fraction of sp³-hybridized carbons (Fsp3) is 0.235. The molecule has 0 radical (unpaired) electrons. The number of nitrogens with zero attached hydrogens (tertiary/aromatic N) is 4. The molecule has 0 unspecified atom stereocenters. The first kappa shape index (κ1) is 16.9. The summed E-state index contributed by atoms with van der Waals surface area (Å²) in [5.41, 5.74) is 7.49. The summed E-state index contributed by atoms with van der Waals surface area (Å²) in [5, 5.41) is 35.1. The summed E-state index contributed by atoms with van der Waals surface area (Å²) in [6.07, 6.45) is 1.50. The van der Waals surface area contributed by atoms with Crippen LogP contribution in [0.15, 0.2) is 18.2 Å². The van der Waals surface area contributed by atoms with Crippen LogP contribution >= 0.6 is 0 Å². The molecule has 1 heterocycles. The minimum atomic E-state index is 0.0368. The van der Waals surface area contributed by atoms with E-state index in [4.69, 9.17) is 11.0 Å². The number of nitriles is 2. The van der Waals surface area contributed by atoms with E-state index in [1.165, 1.54) is 6.08 Å². The molecule has 4 N–H and O–H groups in total. The molecule has 0 spiro atoms. The number of nitrogens with two attached hydrogens (primary N) is 1. The Morgan fingerprint density at radius 3 is 2.62 bits per heavy atom. The third-order valence-electron chi connectivity index (χ3n) is 3.74. The molecule has 0 saturated carbocycles. The molecule has 2 aromatic rings. The molecular formula is C17H18N6O. The summed E-state index contributed by atoms with van der Waals surface area (Å²) in [4.78, 5) is 2.10. The molecule has 122 valence electrons. The van der Waals surface area contributed by atoms with E-state index in [-0.39, 0.29) is 28.4 Å². The van der Waals surface area contributed by atoms with Gasteiger partial charge in [-0.15, -0.1) is 0 Å². The summed E-state index contributed by atoms with van der Waals surface area (Å²) in [6, 6.07) is 9.18. The van der Waals surface area contributed by atoms with Crippen LogP contribution < -0.4 is 10.6 Å². The Morgan fingerprint density at radius 2 is 2.08 bits per heavy atom. The van der Waals surface area contributed by atoms with Gasteiger partial charge in [0.1, 0.15) is 23.5 Å². The minimum absolute atomic E-state index is 0.0368. The van der Waals surface area contributed by atoms with E-state index in [9.17, 15) is 10.4 Å². The van der Waals surface area contributed by atoms with Gasteiger partial charge in [0.05, 0.1) is 11.3 Å². The normalized spacial score (nSPS) is 10.9. The predicted octanol–water partition coefficient (Wildman–Crippen LogP) is 2.48. The monoisotopic (exact) mass is 322 g/mol. The van der Waals surface area contributed by atoms with E-state index >= 15 is 0 Å². The Balaban J connectivity index is 2.46. The number of phenolic OH excluding ortho intramolecular Hbond substituents is 1. The number of allylic oxidation sites excluding steroid dienone is 1. The number of H-pyrrole nitrogens is 1. The van der Waals surface area contributed by atoms with Crippen molar-refractivity contribution in [3.05, 3.63) is 35.0 Å². The predicted molar refractivity (Wildman–Crippen MR) is 92.9 cm³/mol. The van der Waals surface area contributed by atoms with E-state index in [0.29, 0.717) is 5.56 Å². The van der Waals surface area contributed by atoms with Crippen molar-refractivity contribution < 1.29 is 5.11 Å². The largest absolute Gasteiger partial charge is 0.507 e. The number of aromatic nitrogens is 2. The molecule has 7 nitrogen and oxygen atoms in total. The lowest BCUT2D eigenvalue weighted by atomic mass is 10.0. The Kier molecular flexibility index (Phi) is 5.08. The topological polar surface area (TPSA) is 126 Å². The molecular weight excluding hydrogens is 304 g/mol. The van der Waals surface area contributed by atoms with Crippen molar-refractivity contribution in [2.75, 3.05) is 23.7 Å². The highest BCUT2D eigenvalue weighted by Gasteiger charge is 2.15. The maximum absolute atomic E-state index is 10.3. The maximum atomic E-state index is 10.3. The lowest BCUT2D eigenvalue weighted by Gasteiger charge is -2.21. The molecule has 0 atom stereocenters. The molecule has 7 heteroatoms. The van der Waals surface area contributed by atoms with Gasteiger partial charge < -0.3 is 15.7 Å². The van der Waals surface area contributed by atoms with Crippen molar-refractivity contribution in [3.63, 3.8) is 0 Å². The first-order valence-electron chi connectivity index (χ1n) is 7.49. The highest BCUT2D eigenvalue weighted by atomic mass is 16.3. The second-order valence-corrected chi connectivity index (χ2v) is 5.06. The number of aromatic amines is 1. The lowest BCUT2D eigenvalue weighted by Crippen LogP contribution is -2.21. The van der Waals surface area contributed by atoms with Crippen LogP contribution in [0.5, 0.6) is 5.75 Å². The number of nitrogen functional groups attached to an aromatic ring is 1. The van der Waals surface area contributed by atoms with Crippen molar-refractivity contribution in [2.24, 2.45) is 0 Å². The molecule has 1 aromatic carbocycles. The van der Waals surface area contributed by atoms with Gasteiger partial charge in [-0.3, -0.25) is 5.10 Å². The standard InChI is InChI=1S/C17H18N6O/c1-3-23(4-2)13-6-5-11(15(24)8-13)7-12(9-18)16-14(10-19)17(20)22-21-16/h5-8,24H,3-4H2,1-2H3,(H3,20,21,22)/b12-7+. The third-order valence-corrected chi connectivity index (χ3v) is 3.74. The van der Waals surface area contributed by atoms with Crippen LogP contribution in [0.3, 0.4) is 0 Å². The molecule has 0 amide bonds.